The zero-order chi connectivity index (χ0) is 30.4. The standard InChI is InChI=1S/C23H22N2O12S4.2Na/c26-38(27,28)23(39(29,30)31)24(40(32,33)34)20(16-17-10-4-1-5-11-17)22(25(23)41(35,36)37)21(18-12-6-2-7-13-18)19-14-8-3-9-15-19;;/h1-15,21H,16H2,(H,26,27,28)(H,29,30,31)(H,32,33,34)(H,35,36,37);;. The summed E-state index contributed by atoms with van der Waals surface area (Å²) in [6.45, 7) is 0. The molecule has 0 saturated heterocycles. The van der Waals surface area contributed by atoms with Crippen LogP contribution in [0.1, 0.15) is 22.6 Å². The first kappa shape index (κ1) is 37.8. The molecule has 0 unspecified atom stereocenters. The van der Waals surface area contributed by atoms with Crippen LogP contribution in [0.3, 0.4) is 0 Å². The number of hydrogen-bond donors (Lipinski definition) is 4. The van der Waals surface area contributed by atoms with Crippen molar-refractivity contribution in [3.8, 4) is 0 Å². The molecular weight excluding hydrogens is 671 g/mol. The maximum Gasteiger partial charge on any atom is 0.400 e. The van der Waals surface area contributed by atoms with Gasteiger partial charge in [-0.25, -0.2) is 0 Å². The molecule has 43 heavy (non-hydrogen) atoms. The van der Waals surface area contributed by atoms with Crippen LogP contribution >= 0.6 is 0 Å². The minimum absolute atomic E-state index is 0. The van der Waals surface area contributed by atoms with Crippen molar-refractivity contribution in [1.82, 2.24) is 8.61 Å². The van der Waals surface area contributed by atoms with Gasteiger partial charge in [-0.3, -0.25) is 18.2 Å². The molecule has 1 aliphatic heterocycles. The summed E-state index contributed by atoms with van der Waals surface area (Å²) in [6.07, 6.45) is -0.787. The molecule has 0 fully saturated rings. The Bertz CT molecular complexity index is 1850. The van der Waals surface area contributed by atoms with Crippen molar-refractivity contribution in [2.24, 2.45) is 0 Å². The first-order valence-corrected chi connectivity index (χ1v) is 17.0. The van der Waals surface area contributed by atoms with Crippen molar-refractivity contribution in [1.29, 1.82) is 0 Å². The molecule has 0 amide bonds. The van der Waals surface area contributed by atoms with E-state index in [-0.39, 0.29) is 75.8 Å². The molecule has 3 aromatic carbocycles. The SMILES string of the molecule is O=S(=O)(O)N1C(Cc2ccccc2)=C(C(c2ccccc2)c2ccccc2)N(S(=O)(=O)O)C1(S(=O)(=O)O)S(=O)(=O)O.[Na].[Na]. The van der Waals surface area contributed by atoms with Gasteiger partial charge in [0.05, 0.1) is 17.3 Å². The van der Waals surface area contributed by atoms with E-state index in [9.17, 15) is 51.9 Å². The molecule has 2 radical (unpaired) electrons. The van der Waals surface area contributed by atoms with Gasteiger partial charge in [-0.05, 0) is 16.7 Å². The number of allylic oxidation sites excluding steroid dienone is 2. The Labute approximate surface area is 293 Å². The van der Waals surface area contributed by atoms with Gasteiger partial charge in [-0.1, -0.05) is 91.0 Å². The van der Waals surface area contributed by atoms with Gasteiger partial charge in [0.1, 0.15) is 0 Å². The van der Waals surface area contributed by atoms with Crippen LogP contribution < -0.4 is 0 Å². The Morgan fingerprint density at radius 3 is 1.23 bits per heavy atom. The van der Waals surface area contributed by atoms with Crippen molar-refractivity contribution in [3.05, 3.63) is 119 Å². The van der Waals surface area contributed by atoms with Gasteiger partial charge in [0.2, 0.25) is 0 Å². The molecule has 4 N–H and O–H groups in total. The maximum absolute atomic E-state index is 13.0. The molecule has 3 aromatic rings. The fourth-order valence-corrected chi connectivity index (χ4v) is 11.0. The third kappa shape index (κ3) is 7.07. The molecule has 0 spiro atoms. The van der Waals surface area contributed by atoms with Crippen LogP contribution in [0.2, 0.25) is 0 Å². The maximum atomic E-state index is 13.0. The van der Waals surface area contributed by atoms with Crippen molar-refractivity contribution in [2.75, 3.05) is 0 Å². The normalized spacial score (nSPS) is 15.7. The zero-order valence-corrected chi connectivity index (χ0v) is 29.8. The molecule has 4 rings (SSSR count). The number of rotatable bonds is 9. The molecule has 1 aliphatic rings. The third-order valence-electron chi connectivity index (χ3n) is 6.16. The summed E-state index contributed by atoms with van der Waals surface area (Å²) in [7, 11) is -25.7. The summed E-state index contributed by atoms with van der Waals surface area (Å²) in [5.74, 6) is -1.58. The number of benzene rings is 3. The summed E-state index contributed by atoms with van der Waals surface area (Å²) >= 11 is 0. The van der Waals surface area contributed by atoms with Crippen molar-refractivity contribution in [3.63, 3.8) is 0 Å². The summed E-state index contributed by atoms with van der Waals surface area (Å²) in [5.41, 5.74) is -1.65. The van der Waals surface area contributed by atoms with Crippen LogP contribution in [0.5, 0.6) is 0 Å². The predicted octanol–water partition coefficient (Wildman–Crippen LogP) is 1.12. The van der Waals surface area contributed by atoms with Crippen molar-refractivity contribution >= 4 is 100.0 Å². The van der Waals surface area contributed by atoms with E-state index in [1.165, 1.54) is 72.8 Å². The quantitative estimate of drug-likeness (QED) is 0.183. The van der Waals surface area contributed by atoms with Gasteiger partial charge < -0.3 is 0 Å². The molecule has 20 heteroatoms. The van der Waals surface area contributed by atoms with Gasteiger partial charge in [-0.2, -0.15) is 42.3 Å². The van der Waals surface area contributed by atoms with E-state index in [0.29, 0.717) is 0 Å². The van der Waals surface area contributed by atoms with E-state index in [0.717, 1.165) is 0 Å². The summed E-state index contributed by atoms with van der Waals surface area (Å²) in [6, 6.07) is 21.9. The fraction of sp³-hybridized carbons (Fsp3) is 0.130. The first-order chi connectivity index (χ1) is 18.9. The van der Waals surface area contributed by atoms with Crippen LogP contribution in [-0.4, -0.2) is 124 Å². The fourth-order valence-electron chi connectivity index (χ4n) is 4.77. The van der Waals surface area contributed by atoms with Crippen molar-refractivity contribution < 1.29 is 51.9 Å². The van der Waals surface area contributed by atoms with E-state index in [1.807, 2.05) is 0 Å². The molecule has 0 saturated carbocycles. The molecule has 0 aromatic heterocycles. The van der Waals surface area contributed by atoms with E-state index in [1.54, 1.807) is 18.2 Å². The second kappa shape index (κ2) is 13.6. The van der Waals surface area contributed by atoms with E-state index in [2.05, 4.69) is 0 Å². The average molecular weight is 693 g/mol. The molecule has 0 aliphatic carbocycles. The predicted molar refractivity (Wildman–Crippen MR) is 156 cm³/mol. The van der Waals surface area contributed by atoms with E-state index < -0.39 is 77.5 Å². The van der Waals surface area contributed by atoms with Crippen LogP contribution in [0.25, 0.3) is 0 Å². The summed E-state index contributed by atoms with van der Waals surface area (Å²) in [5, 5.41) is 0. The summed E-state index contributed by atoms with van der Waals surface area (Å²) in [4.78, 5) is 0. The topological polar surface area (TPSA) is 224 Å². The van der Waals surface area contributed by atoms with Gasteiger partial charge in [-0.15, -0.1) is 0 Å². The average Bonchev–Trinajstić information content (AvgIpc) is 3.19. The Hall–Kier alpha value is -1.36. The minimum atomic E-state index is -6.65. The van der Waals surface area contributed by atoms with Crippen LogP contribution in [-0.2, 0) is 47.3 Å². The Morgan fingerprint density at radius 2 is 0.907 bits per heavy atom. The van der Waals surface area contributed by atoms with Gasteiger partial charge >= 0.3 is 45.2 Å². The molecule has 14 nitrogen and oxygen atoms in total. The molecule has 222 valence electrons. The monoisotopic (exact) mass is 692 g/mol. The van der Waals surface area contributed by atoms with E-state index >= 15 is 0 Å². The van der Waals surface area contributed by atoms with Gasteiger partial charge in [0, 0.05) is 65.5 Å². The second-order valence-electron chi connectivity index (χ2n) is 8.73. The molecule has 1 heterocycles. The largest absolute Gasteiger partial charge is 0.400 e. The minimum Gasteiger partial charge on any atom is -0.281 e. The molecule has 0 bridgehead atoms. The third-order valence-corrected chi connectivity index (χ3v) is 11.8. The Kier molecular flexibility index (Phi) is 11.9. The Morgan fingerprint density at radius 1 is 0.558 bits per heavy atom. The summed E-state index contributed by atoms with van der Waals surface area (Å²) < 4.78 is 138. The molecule has 0 atom stereocenters. The Balaban J connectivity index is 0.00000323. The smallest absolute Gasteiger partial charge is 0.281 e. The van der Waals surface area contributed by atoms with Crippen LogP contribution in [0.15, 0.2) is 102 Å². The van der Waals surface area contributed by atoms with Crippen molar-refractivity contribution in [2.45, 2.75) is 16.7 Å². The molecular formula is C23H22N2Na2O12S4. The zero-order valence-electron chi connectivity index (χ0n) is 22.5. The van der Waals surface area contributed by atoms with Gasteiger partial charge in [0.25, 0.3) is 0 Å². The van der Waals surface area contributed by atoms with E-state index in [4.69, 9.17) is 0 Å². The second-order valence-corrected chi connectivity index (χ2v) is 14.6. The first-order valence-electron chi connectivity index (χ1n) is 11.3. The van der Waals surface area contributed by atoms with Crippen LogP contribution in [0, 0.1) is 0 Å². The number of hydrogen-bond acceptors (Lipinski definition) is 8. The number of nitrogens with zero attached hydrogens (tertiary/aromatic N) is 2. The van der Waals surface area contributed by atoms with Crippen LogP contribution in [0.4, 0.5) is 0 Å². The van der Waals surface area contributed by atoms with Gasteiger partial charge in [0.15, 0.2) is 0 Å².